The summed E-state index contributed by atoms with van der Waals surface area (Å²) in [7, 11) is 1.52. The van der Waals surface area contributed by atoms with Crippen LogP contribution in [0.1, 0.15) is 0 Å². The summed E-state index contributed by atoms with van der Waals surface area (Å²) in [6, 6.07) is 0. The van der Waals surface area contributed by atoms with Gasteiger partial charge in [0.15, 0.2) is 17.0 Å². The van der Waals surface area contributed by atoms with Crippen molar-refractivity contribution in [3.05, 3.63) is 12.7 Å². The Balaban J connectivity index is 2.83. The summed E-state index contributed by atoms with van der Waals surface area (Å²) in [4.78, 5) is 16.6. The lowest BCUT2D eigenvalue weighted by Crippen LogP contribution is -2.06. The van der Waals surface area contributed by atoms with Crippen molar-refractivity contribution < 1.29 is 4.84 Å². The minimum Gasteiger partial charge on any atom is -0.415 e. The molecule has 0 aliphatic rings. The zero-order valence-electron chi connectivity index (χ0n) is 6.43. The van der Waals surface area contributed by atoms with Gasteiger partial charge in [0.2, 0.25) is 0 Å². The molecule has 2 heterocycles. The van der Waals surface area contributed by atoms with E-state index < -0.39 is 0 Å². The highest BCUT2D eigenvalue weighted by atomic mass is 16.6. The summed E-state index contributed by atoms with van der Waals surface area (Å²) < 4.78 is 1.42. The molecule has 2 rings (SSSR count). The Hall–Kier alpha value is -1.85. The van der Waals surface area contributed by atoms with Gasteiger partial charge in [-0.1, -0.05) is 0 Å². The summed E-state index contributed by atoms with van der Waals surface area (Å²) in [6.45, 7) is 0. The van der Waals surface area contributed by atoms with Crippen molar-refractivity contribution in [1.29, 1.82) is 0 Å². The van der Waals surface area contributed by atoms with Crippen LogP contribution >= 0.6 is 0 Å². The first kappa shape index (κ1) is 6.84. The molecular weight excluding hydrogens is 158 g/mol. The van der Waals surface area contributed by atoms with Gasteiger partial charge in [0, 0.05) is 0 Å². The van der Waals surface area contributed by atoms with E-state index in [9.17, 15) is 0 Å². The van der Waals surface area contributed by atoms with Crippen molar-refractivity contribution >= 4 is 17.0 Å². The second-order valence-corrected chi connectivity index (χ2v) is 2.18. The molecule has 6 heteroatoms. The molecule has 0 spiro atoms. The van der Waals surface area contributed by atoms with Crippen LogP contribution in [0.4, 0.5) is 5.82 Å². The third-order valence-corrected chi connectivity index (χ3v) is 1.53. The average Bonchev–Trinajstić information content (AvgIpc) is 2.49. The summed E-state index contributed by atoms with van der Waals surface area (Å²) in [6.07, 6.45) is 2.86. The standard InChI is InChI=1S/C6H7N5O/c1-12-11-3-10-6-4(11)5(7)8-2-9-6/h2-3H,1H3,(H2,7,8,9). The first-order valence-electron chi connectivity index (χ1n) is 3.31. The molecule has 0 aromatic carbocycles. The first-order chi connectivity index (χ1) is 5.83. The number of anilines is 1. The van der Waals surface area contributed by atoms with Crippen LogP contribution in [0.15, 0.2) is 12.7 Å². The Kier molecular flexibility index (Phi) is 1.33. The predicted octanol–water partition coefficient (Wildman–Crippen LogP) is -0.533. The molecule has 0 amide bonds. The highest BCUT2D eigenvalue weighted by Crippen LogP contribution is 2.12. The van der Waals surface area contributed by atoms with Crippen LogP contribution in [0.25, 0.3) is 11.2 Å². The van der Waals surface area contributed by atoms with E-state index in [1.807, 2.05) is 0 Å². The van der Waals surface area contributed by atoms with Crippen LogP contribution in [0, 0.1) is 0 Å². The van der Waals surface area contributed by atoms with Gasteiger partial charge in [0.05, 0.1) is 0 Å². The molecule has 0 saturated heterocycles. The zero-order chi connectivity index (χ0) is 8.55. The van der Waals surface area contributed by atoms with Crippen LogP contribution in [-0.4, -0.2) is 26.8 Å². The number of nitrogen functional groups attached to an aromatic ring is 1. The third-order valence-electron chi connectivity index (χ3n) is 1.53. The van der Waals surface area contributed by atoms with Crippen LogP contribution in [0.5, 0.6) is 0 Å². The minimum atomic E-state index is 0.361. The fourth-order valence-electron chi connectivity index (χ4n) is 0.992. The van der Waals surface area contributed by atoms with E-state index in [0.29, 0.717) is 17.0 Å². The fraction of sp³-hybridized carbons (Fsp3) is 0.167. The van der Waals surface area contributed by atoms with Crippen molar-refractivity contribution in [2.45, 2.75) is 0 Å². The predicted molar refractivity (Wildman–Crippen MR) is 42.2 cm³/mol. The summed E-state index contributed by atoms with van der Waals surface area (Å²) in [5, 5.41) is 0. The van der Waals surface area contributed by atoms with Crippen molar-refractivity contribution in [2.24, 2.45) is 0 Å². The van der Waals surface area contributed by atoms with Gasteiger partial charge in [0.25, 0.3) is 0 Å². The Bertz CT molecular complexity index is 409. The Morgan fingerprint density at radius 2 is 2.25 bits per heavy atom. The molecule has 0 saturated carbocycles. The number of fused-ring (bicyclic) bond motifs is 1. The highest BCUT2D eigenvalue weighted by Gasteiger charge is 2.06. The summed E-state index contributed by atoms with van der Waals surface area (Å²) in [5.74, 6) is 0.361. The third kappa shape index (κ3) is 0.777. The highest BCUT2D eigenvalue weighted by molar-refractivity contribution is 5.80. The van der Waals surface area contributed by atoms with E-state index in [-0.39, 0.29) is 0 Å². The van der Waals surface area contributed by atoms with Gasteiger partial charge in [-0.15, -0.1) is 0 Å². The molecule has 62 valence electrons. The molecule has 0 fully saturated rings. The summed E-state index contributed by atoms with van der Waals surface area (Å²) >= 11 is 0. The smallest absolute Gasteiger partial charge is 0.186 e. The maximum Gasteiger partial charge on any atom is 0.186 e. The molecule has 2 aromatic rings. The molecule has 2 aromatic heterocycles. The quantitative estimate of drug-likeness (QED) is 0.614. The lowest BCUT2D eigenvalue weighted by atomic mass is 10.5. The molecule has 12 heavy (non-hydrogen) atoms. The van der Waals surface area contributed by atoms with E-state index in [2.05, 4.69) is 15.0 Å². The molecule has 0 aliphatic heterocycles. The van der Waals surface area contributed by atoms with Gasteiger partial charge in [-0.2, -0.15) is 4.73 Å². The van der Waals surface area contributed by atoms with Gasteiger partial charge in [-0.3, -0.25) is 0 Å². The Morgan fingerprint density at radius 3 is 3.00 bits per heavy atom. The minimum absolute atomic E-state index is 0.361. The van der Waals surface area contributed by atoms with Crippen molar-refractivity contribution in [3.63, 3.8) is 0 Å². The van der Waals surface area contributed by atoms with Crippen molar-refractivity contribution in [2.75, 3.05) is 12.8 Å². The van der Waals surface area contributed by atoms with Gasteiger partial charge in [0.1, 0.15) is 19.8 Å². The van der Waals surface area contributed by atoms with Gasteiger partial charge < -0.3 is 10.6 Å². The van der Waals surface area contributed by atoms with Crippen molar-refractivity contribution in [3.8, 4) is 0 Å². The Labute approximate surface area is 68.0 Å². The second kappa shape index (κ2) is 2.33. The van der Waals surface area contributed by atoms with Crippen molar-refractivity contribution in [1.82, 2.24) is 19.7 Å². The normalized spacial score (nSPS) is 10.4. The maximum absolute atomic E-state index is 5.59. The van der Waals surface area contributed by atoms with E-state index >= 15 is 0 Å². The number of imidazole rings is 1. The van der Waals surface area contributed by atoms with Crippen LogP contribution in [0.2, 0.25) is 0 Å². The lowest BCUT2D eigenvalue weighted by molar-refractivity contribution is 0.177. The molecule has 0 unspecified atom stereocenters. The van der Waals surface area contributed by atoms with E-state index in [1.54, 1.807) is 0 Å². The first-order valence-corrected chi connectivity index (χ1v) is 3.31. The Morgan fingerprint density at radius 1 is 1.42 bits per heavy atom. The maximum atomic E-state index is 5.59. The number of hydrogen-bond donors (Lipinski definition) is 1. The SMILES string of the molecule is COn1cnc2ncnc(N)c21. The van der Waals surface area contributed by atoms with Crippen LogP contribution in [0.3, 0.4) is 0 Å². The average molecular weight is 165 g/mol. The topological polar surface area (TPSA) is 78.8 Å². The van der Waals surface area contributed by atoms with E-state index in [1.165, 1.54) is 24.5 Å². The van der Waals surface area contributed by atoms with Gasteiger partial charge >= 0.3 is 0 Å². The number of aromatic nitrogens is 4. The van der Waals surface area contributed by atoms with E-state index in [4.69, 9.17) is 10.6 Å². The number of nitrogens with two attached hydrogens (primary N) is 1. The largest absolute Gasteiger partial charge is 0.415 e. The monoisotopic (exact) mass is 165 g/mol. The molecule has 6 nitrogen and oxygen atoms in total. The van der Waals surface area contributed by atoms with Gasteiger partial charge in [-0.25, -0.2) is 15.0 Å². The molecular formula is C6H7N5O. The molecule has 2 N–H and O–H groups in total. The number of rotatable bonds is 1. The molecule has 0 atom stereocenters. The second-order valence-electron chi connectivity index (χ2n) is 2.18. The van der Waals surface area contributed by atoms with Crippen LogP contribution < -0.4 is 10.6 Å². The molecule has 0 aliphatic carbocycles. The van der Waals surface area contributed by atoms with E-state index in [0.717, 1.165) is 0 Å². The van der Waals surface area contributed by atoms with Crippen LogP contribution in [-0.2, 0) is 0 Å². The number of nitrogens with zero attached hydrogens (tertiary/aromatic N) is 4. The fourth-order valence-corrected chi connectivity index (χ4v) is 0.992. The molecule has 0 bridgehead atoms. The zero-order valence-corrected chi connectivity index (χ0v) is 6.43. The summed E-state index contributed by atoms with van der Waals surface area (Å²) in [5.41, 5.74) is 6.71. The molecule has 0 radical (unpaired) electrons. The van der Waals surface area contributed by atoms with Gasteiger partial charge in [-0.05, 0) is 0 Å². The number of hydrogen-bond acceptors (Lipinski definition) is 5. The lowest BCUT2D eigenvalue weighted by Gasteiger charge is -2.00.